The maximum atomic E-state index is 12.7. The molecule has 2 aromatic rings. The molecule has 0 spiro atoms. The topological polar surface area (TPSA) is 67.1 Å². The monoisotopic (exact) mass is 343 g/mol. The average molecular weight is 343 g/mol. The number of rotatable bonds is 6. The second-order valence-corrected chi connectivity index (χ2v) is 6.42. The number of thiol groups is 1. The lowest BCUT2D eigenvalue weighted by Gasteiger charge is -2.15. The molecule has 0 aliphatic heterocycles. The molecule has 5 heteroatoms. The van der Waals surface area contributed by atoms with Gasteiger partial charge in [-0.15, -0.1) is 0 Å². The fraction of sp³-hybridized carbons (Fsp3) is 0.316. The van der Waals surface area contributed by atoms with E-state index in [1.165, 1.54) is 0 Å². The van der Waals surface area contributed by atoms with Gasteiger partial charge in [-0.3, -0.25) is 4.79 Å². The molecule has 2 aromatic carbocycles. The van der Waals surface area contributed by atoms with Gasteiger partial charge in [-0.1, -0.05) is 18.2 Å². The zero-order chi connectivity index (χ0) is 17.7. The molecule has 128 valence electrons. The minimum Gasteiger partial charge on any atom is -0.383 e. The van der Waals surface area contributed by atoms with E-state index < -0.39 is 0 Å². The smallest absolute Gasteiger partial charge is 0.256 e. The molecule has 0 unspecified atom stereocenters. The lowest BCUT2D eigenvalue weighted by molar-refractivity contribution is 0.102. The molecule has 0 heterocycles. The second kappa shape index (κ2) is 8.22. The van der Waals surface area contributed by atoms with Crippen molar-refractivity contribution in [2.75, 3.05) is 22.9 Å². The molecule has 1 atom stereocenters. The van der Waals surface area contributed by atoms with Crippen LogP contribution < -0.4 is 16.4 Å². The van der Waals surface area contributed by atoms with Crippen LogP contribution in [-0.2, 0) is 0 Å². The standard InChI is InChI=1S/C19H25N3OS/c1-12-5-4-6-18(14(12)3)22-19(23)17-9-16(8-7-13(17)2)21-10-15(20)11-24/h4-9,15,21,24H,10-11,20H2,1-3H3,(H,22,23)/t15-/m1/s1. The highest BCUT2D eigenvalue weighted by atomic mass is 32.1. The van der Waals surface area contributed by atoms with Crippen molar-refractivity contribution in [1.29, 1.82) is 0 Å². The largest absolute Gasteiger partial charge is 0.383 e. The number of nitrogens with one attached hydrogen (secondary N) is 2. The van der Waals surface area contributed by atoms with Crippen molar-refractivity contribution in [2.24, 2.45) is 5.73 Å². The summed E-state index contributed by atoms with van der Waals surface area (Å²) >= 11 is 4.18. The summed E-state index contributed by atoms with van der Waals surface area (Å²) in [6, 6.07) is 11.6. The van der Waals surface area contributed by atoms with Gasteiger partial charge in [0.2, 0.25) is 0 Å². The first kappa shape index (κ1) is 18.4. The molecule has 0 saturated heterocycles. The highest BCUT2D eigenvalue weighted by molar-refractivity contribution is 7.80. The zero-order valence-electron chi connectivity index (χ0n) is 14.4. The van der Waals surface area contributed by atoms with Gasteiger partial charge < -0.3 is 16.4 Å². The molecule has 1 amide bonds. The Morgan fingerprint density at radius 1 is 1.17 bits per heavy atom. The second-order valence-electron chi connectivity index (χ2n) is 6.05. The van der Waals surface area contributed by atoms with Gasteiger partial charge in [0, 0.05) is 35.3 Å². The summed E-state index contributed by atoms with van der Waals surface area (Å²) in [5.41, 5.74) is 11.4. The molecule has 24 heavy (non-hydrogen) atoms. The summed E-state index contributed by atoms with van der Waals surface area (Å²) in [5, 5.41) is 6.26. The number of carbonyl (C=O) groups is 1. The minimum atomic E-state index is -0.108. The van der Waals surface area contributed by atoms with Gasteiger partial charge in [0.15, 0.2) is 0 Å². The van der Waals surface area contributed by atoms with Crippen LogP contribution in [-0.4, -0.2) is 24.2 Å². The van der Waals surface area contributed by atoms with Crippen molar-refractivity contribution in [2.45, 2.75) is 26.8 Å². The van der Waals surface area contributed by atoms with Gasteiger partial charge >= 0.3 is 0 Å². The fourth-order valence-electron chi connectivity index (χ4n) is 2.37. The fourth-order valence-corrected chi connectivity index (χ4v) is 2.50. The van der Waals surface area contributed by atoms with E-state index in [1.807, 2.05) is 57.2 Å². The predicted molar refractivity (Wildman–Crippen MR) is 105 cm³/mol. The van der Waals surface area contributed by atoms with Crippen LogP contribution in [0.3, 0.4) is 0 Å². The molecular formula is C19H25N3OS. The summed E-state index contributed by atoms with van der Waals surface area (Å²) in [7, 11) is 0. The first-order valence-corrected chi connectivity index (χ1v) is 8.64. The summed E-state index contributed by atoms with van der Waals surface area (Å²) in [6.45, 7) is 6.59. The molecule has 0 bridgehead atoms. The molecule has 0 radical (unpaired) electrons. The van der Waals surface area contributed by atoms with Gasteiger partial charge in [-0.05, 0) is 55.7 Å². The van der Waals surface area contributed by atoms with Crippen LogP contribution in [0.25, 0.3) is 0 Å². The number of benzene rings is 2. The van der Waals surface area contributed by atoms with Gasteiger partial charge in [-0.25, -0.2) is 0 Å². The number of amides is 1. The minimum absolute atomic E-state index is 0.0261. The van der Waals surface area contributed by atoms with Crippen LogP contribution in [0.2, 0.25) is 0 Å². The van der Waals surface area contributed by atoms with Crippen LogP contribution in [0.1, 0.15) is 27.0 Å². The third kappa shape index (κ3) is 4.52. The van der Waals surface area contributed by atoms with Crippen molar-refractivity contribution < 1.29 is 4.79 Å². The molecule has 0 aliphatic rings. The van der Waals surface area contributed by atoms with Crippen LogP contribution in [0.4, 0.5) is 11.4 Å². The van der Waals surface area contributed by atoms with Gasteiger partial charge in [0.1, 0.15) is 0 Å². The van der Waals surface area contributed by atoms with Gasteiger partial charge in [0.05, 0.1) is 0 Å². The van der Waals surface area contributed by atoms with Crippen molar-refractivity contribution in [3.8, 4) is 0 Å². The normalized spacial score (nSPS) is 11.9. The first-order chi connectivity index (χ1) is 11.4. The van der Waals surface area contributed by atoms with Gasteiger partial charge in [-0.2, -0.15) is 12.6 Å². The number of hydrogen-bond donors (Lipinski definition) is 4. The maximum absolute atomic E-state index is 12.7. The predicted octanol–water partition coefficient (Wildman–Crippen LogP) is 3.53. The van der Waals surface area contributed by atoms with Crippen molar-refractivity contribution in [3.05, 3.63) is 58.7 Å². The third-order valence-electron chi connectivity index (χ3n) is 4.14. The molecule has 4 N–H and O–H groups in total. The van der Waals surface area contributed by atoms with E-state index in [0.717, 1.165) is 28.1 Å². The van der Waals surface area contributed by atoms with E-state index in [9.17, 15) is 4.79 Å². The first-order valence-electron chi connectivity index (χ1n) is 8.01. The number of aryl methyl sites for hydroxylation is 2. The SMILES string of the molecule is Cc1ccc(NC[C@@H](N)CS)cc1C(=O)Nc1cccc(C)c1C. The summed E-state index contributed by atoms with van der Waals surface area (Å²) < 4.78 is 0. The Hall–Kier alpha value is -1.98. The van der Waals surface area contributed by atoms with Gasteiger partial charge in [0.25, 0.3) is 5.91 Å². The van der Waals surface area contributed by atoms with Crippen molar-refractivity contribution in [1.82, 2.24) is 0 Å². The lowest BCUT2D eigenvalue weighted by atomic mass is 10.1. The Morgan fingerprint density at radius 2 is 1.92 bits per heavy atom. The maximum Gasteiger partial charge on any atom is 0.256 e. The van der Waals surface area contributed by atoms with Crippen molar-refractivity contribution >= 4 is 29.9 Å². The third-order valence-corrected chi connectivity index (χ3v) is 4.61. The number of anilines is 2. The number of hydrogen-bond acceptors (Lipinski definition) is 4. The van der Waals surface area contributed by atoms with E-state index >= 15 is 0 Å². The molecule has 4 nitrogen and oxygen atoms in total. The van der Waals surface area contributed by atoms with E-state index in [4.69, 9.17) is 5.73 Å². The molecule has 0 aliphatic carbocycles. The molecule has 2 rings (SSSR count). The Labute approximate surface area is 149 Å². The van der Waals surface area contributed by atoms with E-state index in [-0.39, 0.29) is 11.9 Å². The molecular weight excluding hydrogens is 318 g/mol. The van der Waals surface area contributed by atoms with E-state index in [1.54, 1.807) is 0 Å². The summed E-state index contributed by atoms with van der Waals surface area (Å²) in [5.74, 6) is 0.502. The van der Waals surface area contributed by atoms with E-state index in [0.29, 0.717) is 17.9 Å². The highest BCUT2D eigenvalue weighted by Gasteiger charge is 2.12. The van der Waals surface area contributed by atoms with Crippen LogP contribution in [0.5, 0.6) is 0 Å². The van der Waals surface area contributed by atoms with Crippen LogP contribution in [0.15, 0.2) is 36.4 Å². The molecule has 0 saturated carbocycles. The average Bonchev–Trinajstić information content (AvgIpc) is 2.57. The zero-order valence-corrected chi connectivity index (χ0v) is 15.3. The number of nitrogens with two attached hydrogens (primary N) is 1. The Balaban J connectivity index is 2.17. The Morgan fingerprint density at radius 3 is 2.62 bits per heavy atom. The summed E-state index contributed by atoms with van der Waals surface area (Å²) in [6.07, 6.45) is 0. The van der Waals surface area contributed by atoms with Crippen LogP contribution >= 0.6 is 12.6 Å². The Bertz CT molecular complexity index is 731. The summed E-state index contributed by atoms with van der Waals surface area (Å²) in [4.78, 5) is 12.7. The quantitative estimate of drug-likeness (QED) is 0.607. The van der Waals surface area contributed by atoms with Crippen LogP contribution in [0, 0.1) is 20.8 Å². The van der Waals surface area contributed by atoms with E-state index in [2.05, 4.69) is 23.3 Å². The highest BCUT2D eigenvalue weighted by Crippen LogP contribution is 2.21. The Kier molecular flexibility index (Phi) is 6.29. The molecule has 0 fully saturated rings. The van der Waals surface area contributed by atoms with Crippen molar-refractivity contribution in [3.63, 3.8) is 0 Å². The lowest BCUT2D eigenvalue weighted by Crippen LogP contribution is -2.30. The molecule has 0 aromatic heterocycles. The number of carbonyl (C=O) groups excluding carboxylic acids is 1.